The van der Waals surface area contributed by atoms with Gasteiger partial charge in [-0.05, 0) is 43.5 Å². The van der Waals surface area contributed by atoms with Crippen LogP contribution in [0.4, 0.5) is 0 Å². The van der Waals surface area contributed by atoms with Crippen LogP contribution in [0.2, 0.25) is 0 Å². The van der Waals surface area contributed by atoms with Gasteiger partial charge < -0.3 is 9.84 Å². The van der Waals surface area contributed by atoms with Crippen molar-refractivity contribution in [1.82, 2.24) is 4.72 Å². The Bertz CT molecular complexity index is 484. The summed E-state index contributed by atoms with van der Waals surface area (Å²) in [6, 6.07) is 6.32. The summed E-state index contributed by atoms with van der Waals surface area (Å²) < 4.78 is 31.9. The van der Waals surface area contributed by atoms with E-state index in [1.165, 1.54) is 12.1 Å². The summed E-state index contributed by atoms with van der Waals surface area (Å²) in [6.07, 6.45) is 1.46. The number of sulfonamides is 1. The van der Waals surface area contributed by atoms with Gasteiger partial charge in [-0.25, -0.2) is 13.1 Å². The number of aliphatic hydroxyl groups is 1. The summed E-state index contributed by atoms with van der Waals surface area (Å²) >= 11 is 0. The molecule has 0 aliphatic heterocycles. The van der Waals surface area contributed by atoms with Crippen molar-refractivity contribution in [3.63, 3.8) is 0 Å². The summed E-state index contributed by atoms with van der Waals surface area (Å²) in [7, 11) is -3.52. The molecule has 0 radical (unpaired) electrons. The van der Waals surface area contributed by atoms with E-state index in [0.717, 1.165) is 6.42 Å². The van der Waals surface area contributed by atoms with Gasteiger partial charge in [0.15, 0.2) is 0 Å². The van der Waals surface area contributed by atoms with Crippen LogP contribution >= 0.6 is 0 Å². The van der Waals surface area contributed by atoms with Crippen molar-refractivity contribution in [3.05, 3.63) is 24.3 Å². The molecule has 0 amide bonds. The van der Waals surface area contributed by atoms with E-state index in [4.69, 9.17) is 4.74 Å². The molecule has 1 atom stereocenters. The first-order valence-corrected chi connectivity index (χ1v) is 8.38. The Balaban J connectivity index is 2.58. The highest BCUT2D eigenvalue weighted by Crippen LogP contribution is 2.16. The number of hydrogen-bond donors (Lipinski definition) is 2. The molecule has 0 aliphatic carbocycles. The fourth-order valence-corrected chi connectivity index (χ4v) is 2.63. The van der Waals surface area contributed by atoms with Gasteiger partial charge in [0.1, 0.15) is 5.75 Å². The molecule has 1 aromatic carbocycles. The van der Waals surface area contributed by atoms with Crippen LogP contribution in [0.1, 0.15) is 33.1 Å². The van der Waals surface area contributed by atoms with Gasteiger partial charge in [0, 0.05) is 6.54 Å². The normalized spacial score (nSPS) is 13.2. The van der Waals surface area contributed by atoms with Crippen LogP contribution < -0.4 is 9.46 Å². The number of rotatable bonds is 9. The molecule has 0 fully saturated rings. The Morgan fingerprint density at radius 2 is 1.90 bits per heavy atom. The fraction of sp³-hybridized carbons (Fsp3) is 0.571. The molecule has 1 rings (SSSR count). The molecule has 2 N–H and O–H groups in total. The Morgan fingerprint density at radius 1 is 1.25 bits per heavy atom. The fourth-order valence-electron chi connectivity index (χ4n) is 1.58. The lowest BCUT2D eigenvalue weighted by Gasteiger charge is -2.10. The predicted octanol–water partition coefficient (Wildman–Crippen LogP) is 1.91. The maximum atomic E-state index is 12.0. The van der Waals surface area contributed by atoms with Crippen molar-refractivity contribution in [2.75, 3.05) is 13.2 Å². The third-order valence-corrected chi connectivity index (χ3v) is 4.32. The van der Waals surface area contributed by atoms with Gasteiger partial charge in [-0.1, -0.05) is 13.8 Å². The van der Waals surface area contributed by atoms with Crippen molar-refractivity contribution in [2.24, 2.45) is 0 Å². The zero-order chi connectivity index (χ0) is 15.0. The zero-order valence-electron chi connectivity index (χ0n) is 12.0. The highest BCUT2D eigenvalue weighted by atomic mass is 32.2. The lowest BCUT2D eigenvalue weighted by molar-refractivity contribution is 0.162. The van der Waals surface area contributed by atoms with Gasteiger partial charge in [0.05, 0.1) is 17.6 Å². The number of ether oxygens (including phenoxy) is 1. The summed E-state index contributed by atoms with van der Waals surface area (Å²) in [5, 5.41) is 9.39. The molecule has 0 heterocycles. The Labute approximate surface area is 121 Å². The topological polar surface area (TPSA) is 75.6 Å². The Morgan fingerprint density at radius 3 is 2.45 bits per heavy atom. The minimum Gasteiger partial charge on any atom is -0.494 e. The van der Waals surface area contributed by atoms with Crippen molar-refractivity contribution < 1.29 is 18.3 Å². The molecule has 6 heteroatoms. The third-order valence-electron chi connectivity index (χ3n) is 2.85. The van der Waals surface area contributed by atoms with E-state index < -0.39 is 16.1 Å². The molecule has 0 saturated carbocycles. The largest absolute Gasteiger partial charge is 0.494 e. The van der Waals surface area contributed by atoms with Crippen LogP contribution in [0.3, 0.4) is 0 Å². The number of aliphatic hydroxyl groups excluding tert-OH is 1. The lowest BCUT2D eigenvalue weighted by atomic mass is 10.2. The van der Waals surface area contributed by atoms with Crippen LogP contribution in [0.25, 0.3) is 0 Å². The van der Waals surface area contributed by atoms with Crippen LogP contribution in [0.15, 0.2) is 29.2 Å². The minimum atomic E-state index is -3.52. The highest BCUT2D eigenvalue weighted by Gasteiger charge is 2.14. The highest BCUT2D eigenvalue weighted by molar-refractivity contribution is 7.89. The standard InChI is InChI=1S/C14H23NO4S/c1-3-11-19-13-5-7-14(8-6-13)20(17,18)15-10-9-12(16)4-2/h5-8,12,15-16H,3-4,9-11H2,1-2H3. The van der Waals surface area contributed by atoms with E-state index in [1.54, 1.807) is 12.1 Å². The van der Waals surface area contributed by atoms with Crippen molar-refractivity contribution >= 4 is 10.0 Å². The molecule has 0 aromatic heterocycles. The first-order valence-electron chi connectivity index (χ1n) is 6.90. The van der Waals surface area contributed by atoms with Crippen molar-refractivity contribution in [3.8, 4) is 5.75 Å². The third kappa shape index (κ3) is 5.48. The molecule has 0 bridgehead atoms. The van der Waals surface area contributed by atoms with Crippen molar-refractivity contribution in [2.45, 2.75) is 44.1 Å². The average molecular weight is 301 g/mol. The summed E-state index contributed by atoms with van der Waals surface area (Å²) in [6.45, 7) is 4.70. The second-order valence-corrected chi connectivity index (χ2v) is 6.34. The average Bonchev–Trinajstić information content (AvgIpc) is 2.45. The first-order chi connectivity index (χ1) is 9.49. The maximum Gasteiger partial charge on any atom is 0.240 e. The van der Waals surface area contributed by atoms with Gasteiger partial charge in [-0.3, -0.25) is 0 Å². The van der Waals surface area contributed by atoms with Gasteiger partial charge in [-0.15, -0.1) is 0 Å². The Hall–Kier alpha value is -1.11. The monoisotopic (exact) mass is 301 g/mol. The molecule has 0 spiro atoms. The summed E-state index contributed by atoms with van der Waals surface area (Å²) in [4.78, 5) is 0.201. The van der Waals surface area contributed by atoms with Gasteiger partial charge in [0.25, 0.3) is 0 Å². The van der Waals surface area contributed by atoms with E-state index in [1.807, 2.05) is 13.8 Å². The molecule has 5 nitrogen and oxygen atoms in total. The number of nitrogens with one attached hydrogen (secondary N) is 1. The van der Waals surface area contributed by atoms with E-state index in [9.17, 15) is 13.5 Å². The number of benzene rings is 1. The van der Waals surface area contributed by atoms with Crippen LogP contribution in [0, 0.1) is 0 Å². The van der Waals surface area contributed by atoms with E-state index in [0.29, 0.717) is 25.2 Å². The molecule has 1 unspecified atom stereocenters. The van der Waals surface area contributed by atoms with Gasteiger partial charge in [-0.2, -0.15) is 0 Å². The van der Waals surface area contributed by atoms with E-state index >= 15 is 0 Å². The predicted molar refractivity (Wildman–Crippen MR) is 78.3 cm³/mol. The van der Waals surface area contributed by atoms with Crippen LogP contribution in [-0.2, 0) is 10.0 Å². The van der Waals surface area contributed by atoms with Gasteiger partial charge in [0.2, 0.25) is 10.0 Å². The van der Waals surface area contributed by atoms with Gasteiger partial charge >= 0.3 is 0 Å². The smallest absolute Gasteiger partial charge is 0.240 e. The minimum absolute atomic E-state index is 0.201. The second-order valence-electron chi connectivity index (χ2n) is 4.57. The van der Waals surface area contributed by atoms with E-state index in [2.05, 4.69) is 4.72 Å². The quantitative estimate of drug-likeness (QED) is 0.730. The Kier molecular flexibility index (Phi) is 6.98. The zero-order valence-corrected chi connectivity index (χ0v) is 12.8. The van der Waals surface area contributed by atoms with E-state index in [-0.39, 0.29) is 11.4 Å². The van der Waals surface area contributed by atoms with Crippen LogP contribution in [-0.4, -0.2) is 32.8 Å². The maximum absolute atomic E-state index is 12.0. The van der Waals surface area contributed by atoms with Crippen LogP contribution in [0.5, 0.6) is 5.75 Å². The first kappa shape index (κ1) is 16.9. The lowest BCUT2D eigenvalue weighted by Crippen LogP contribution is -2.27. The summed E-state index contributed by atoms with van der Waals surface area (Å²) in [5.74, 6) is 0.659. The SMILES string of the molecule is CCCOc1ccc(S(=O)(=O)NCCC(O)CC)cc1. The molecule has 1 aromatic rings. The molecular formula is C14H23NO4S. The summed E-state index contributed by atoms with van der Waals surface area (Å²) in [5.41, 5.74) is 0. The molecule has 0 aliphatic rings. The molecule has 20 heavy (non-hydrogen) atoms. The molecule has 0 saturated heterocycles. The molecule has 114 valence electrons. The van der Waals surface area contributed by atoms with Crippen molar-refractivity contribution in [1.29, 1.82) is 0 Å². The molecular weight excluding hydrogens is 278 g/mol. The number of hydrogen-bond acceptors (Lipinski definition) is 4. The second kappa shape index (κ2) is 8.24.